The highest BCUT2D eigenvalue weighted by Gasteiger charge is 2.24. The van der Waals surface area contributed by atoms with Gasteiger partial charge in [-0.25, -0.2) is 9.79 Å². The number of hydrogen-bond acceptors (Lipinski definition) is 7. The molecule has 1 fully saturated rings. The normalized spacial score (nSPS) is 15.1. The number of methoxy groups -OCH3 is 2. The van der Waals surface area contributed by atoms with Gasteiger partial charge in [0.05, 0.1) is 34.8 Å². The van der Waals surface area contributed by atoms with Gasteiger partial charge in [0, 0.05) is 0 Å². The molecule has 10 heteroatoms. The fourth-order valence-corrected chi connectivity index (χ4v) is 4.73. The van der Waals surface area contributed by atoms with E-state index in [1.165, 1.54) is 24.9 Å². The van der Waals surface area contributed by atoms with Crippen LogP contribution in [0.2, 0.25) is 0 Å². The standard InChI is InChI=1S/C26H21BrN2O6S/c1-33-19-8-6-18(7-9-19)28-26-29-24(30)22(36-26)13-16-11-20(27)23(21(12-16)34-2)35-14-15-4-3-5-17(10-15)25(31)32/h3-13H,14H2,1-2H3,(H,31,32)(H,28,29,30)/b22-13+. The number of halogens is 1. The summed E-state index contributed by atoms with van der Waals surface area (Å²) in [5, 5.41) is 12.4. The minimum Gasteiger partial charge on any atom is -0.497 e. The van der Waals surface area contributed by atoms with Crippen molar-refractivity contribution in [1.82, 2.24) is 5.32 Å². The first-order chi connectivity index (χ1) is 17.4. The molecular weight excluding hydrogens is 548 g/mol. The van der Waals surface area contributed by atoms with Crippen molar-refractivity contribution in [2.24, 2.45) is 4.99 Å². The first-order valence-electron chi connectivity index (χ1n) is 10.6. The summed E-state index contributed by atoms with van der Waals surface area (Å²) in [5.74, 6) is 0.398. The van der Waals surface area contributed by atoms with Gasteiger partial charge >= 0.3 is 5.97 Å². The van der Waals surface area contributed by atoms with E-state index in [4.69, 9.17) is 14.2 Å². The smallest absolute Gasteiger partial charge is 0.335 e. The van der Waals surface area contributed by atoms with Gasteiger partial charge in [-0.3, -0.25) is 4.79 Å². The molecule has 1 amide bonds. The lowest BCUT2D eigenvalue weighted by Gasteiger charge is -2.14. The lowest BCUT2D eigenvalue weighted by atomic mass is 10.1. The monoisotopic (exact) mass is 568 g/mol. The van der Waals surface area contributed by atoms with E-state index in [1.807, 2.05) is 6.07 Å². The van der Waals surface area contributed by atoms with Crippen molar-refractivity contribution in [3.05, 3.63) is 86.7 Å². The van der Waals surface area contributed by atoms with Crippen molar-refractivity contribution in [3.63, 3.8) is 0 Å². The zero-order chi connectivity index (χ0) is 25.7. The Bertz CT molecular complexity index is 1370. The number of carbonyl (C=O) groups is 2. The highest BCUT2D eigenvalue weighted by Crippen LogP contribution is 2.39. The number of hydrogen-bond donors (Lipinski definition) is 2. The third-order valence-electron chi connectivity index (χ3n) is 5.06. The van der Waals surface area contributed by atoms with Gasteiger partial charge in [-0.05, 0) is 93.4 Å². The molecule has 2 N–H and O–H groups in total. The number of aromatic carboxylic acids is 1. The molecule has 0 aliphatic carbocycles. The maximum absolute atomic E-state index is 12.5. The van der Waals surface area contributed by atoms with Gasteiger partial charge in [-0.2, -0.15) is 0 Å². The quantitative estimate of drug-likeness (QED) is 0.339. The minimum atomic E-state index is -1.00. The Morgan fingerprint density at radius 3 is 2.58 bits per heavy atom. The largest absolute Gasteiger partial charge is 0.497 e. The van der Waals surface area contributed by atoms with E-state index < -0.39 is 5.97 Å². The summed E-state index contributed by atoms with van der Waals surface area (Å²) < 4.78 is 17.2. The number of nitrogens with zero attached hydrogens (tertiary/aromatic N) is 1. The van der Waals surface area contributed by atoms with Crippen LogP contribution in [0.5, 0.6) is 17.2 Å². The maximum atomic E-state index is 12.5. The van der Waals surface area contributed by atoms with E-state index >= 15 is 0 Å². The van der Waals surface area contributed by atoms with E-state index in [0.717, 1.165) is 11.3 Å². The third kappa shape index (κ3) is 6.07. The van der Waals surface area contributed by atoms with E-state index in [-0.39, 0.29) is 18.1 Å². The van der Waals surface area contributed by atoms with Crippen LogP contribution in [0.3, 0.4) is 0 Å². The number of thioether (sulfide) groups is 1. The molecule has 0 bridgehead atoms. The SMILES string of the molecule is COc1ccc(N=C2NC(=O)/C(=C\c3cc(Br)c(OCc4cccc(C(=O)O)c4)c(OC)c3)S2)cc1. The zero-order valence-electron chi connectivity index (χ0n) is 19.3. The van der Waals surface area contributed by atoms with Gasteiger partial charge in [0.1, 0.15) is 12.4 Å². The summed E-state index contributed by atoms with van der Waals surface area (Å²) in [4.78, 5) is 28.7. The van der Waals surface area contributed by atoms with Gasteiger partial charge in [-0.1, -0.05) is 12.1 Å². The summed E-state index contributed by atoms with van der Waals surface area (Å²) >= 11 is 4.75. The Morgan fingerprint density at radius 2 is 1.89 bits per heavy atom. The Labute approximate surface area is 220 Å². The van der Waals surface area contributed by atoms with Gasteiger partial charge in [0.15, 0.2) is 16.7 Å². The molecule has 1 saturated heterocycles. The number of amides is 1. The van der Waals surface area contributed by atoms with Gasteiger partial charge in [-0.15, -0.1) is 0 Å². The molecule has 3 aromatic rings. The number of carbonyl (C=O) groups excluding carboxylic acids is 1. The summed E-state index contributed by atoms with van der Waals surface area (Å²) in [6.45, 7) is 0.153. The Morgan fingerprint density at radius 1 is 1.11 bits per heavy atom. The second kappa shape index (κ2) is 11.3. The van der Waals surface area contributed by atoms with Gasteiger partial charge in [0.25, 0.3) is 5.91 Å². The van der Waals surface area contributed by atoms with Crippen molar-refractivity contribution in [1.29, 1.82) is 0 Å². The second-order valence-electron chi connectivity index (χ2n) is 7.51. The highest BCUT2D eigenvalue weighted by molar-refractivity contribution is 9.10. The summed E-state index contributed by atoms with van der Waals surface area (Å²) in [6, 6.07) is 17.3. The average molecular weight is 569 g/mol. The van der Waals surface area contributed by atoms with Crippen LogP contribution in [0.4, 0.5) is 5.69 Å². The minimum absolute atomic E-state index is 0.153. The zero-order valence-corrected chi connectivity index (χ0v) is 21.7. The van der Waals surface area contributed by atoms with Crippen LogP contribution in [-0.4, -0.2) is 36.4 Å². The number of rotatable bonds is 8. The van der Waals surface area contributed by atoms with E-state index in [0.29, 0.717) is 37.3 Å². The molecule has 1 aliphatic rings. The maximum Gasteiger partial charge on any atom is 0.335 e. The van der Waals surface area contributed by atoms with Crippen LogP contribution in [-0.2, 0) is 11.4 Å². The van der Waals surface area contributed by atoms with Crippen LogP contribution in [0, 0.1) is 0 Å². The van der Waals surface area contributed by atoms with Crippen LogP contribution in [0.25, 0.3) is 6.08 Å². The number of carboxylic acid groups (broad SMARTS) is 1. The van der Waals surface area contributed by atoms with Crippen LogP contribution in [0.1, 0.15) is 21.5 Å². The van der Waals surface area contributed by atoms with Crippen molar-refractivity contribution in [3.8, 4) is 17.2 Å². The summed E-state index contributed by atoms with van der Waals surface area (Å²) in [5.41, 5.74) is 2.31. The van der Waals surface area contributed by atoms with Crippen LogP contribution in [0.15, 0.2) is 75.0 Å². The van der Waals surface area contributed by atoms with Gasteiger partial charge in [0.2, 0.25) is 0 Å². The number of ether oxygens (including phenoxy) is 3. The predicted octanol–water partition coefficient (Wildman–Crippen LogP) is 5.64. The number of carboxylic acids is 1. The third-order valence-corrected chi connectivity index (χ3v) is 6.56. The molecule has 0 spiro atoms. The fourth-order valence-electron chi connectivity index (χ4n) is 3.32. The van der Waals surface area contributed by atoms with E-state index in [9.17, 15) is 14.7 Å². The molecule has 0 saturated carbocycles. The molecule has 1 aliphatic heterocycles. The topological polar surface area (TPSA) is 106 Å². The average Bonchev–Trinajstić information content (AvgIpc) is 3.21. The van der Waals surface area contributed by atoms with Crippen LogP contribution >= 0.6 is 27.7 Å². The first kappa shape index (κ1) is 25.3. The van der Waals surface area contributed by atoms with Crippen molar-refractivity contribution >= 4 is 56.5 Å². The predicted molar refractivity (Wildman–Crippen MR) is 142 cm³/mol. The molecular formula is C26H21BrN2O6S. The van der Waals surface area contributed by atoms with Crippen LogP contribution < -0.4 is 19.5 Å². The van der Waals surface area contributed by atoms with Gasteiger partial charge < -0.3 is 24.6 Å². The molecule has 8 nitrogen and oxygen atoms in total. The summed E-state index contributed by atoms with van der Waals surface area (Å²) in [7, 11) is 3.12. The van der Waals surface area contributed by atoms with Crippen molar-refractivity contribution in [2.45, 2.75) is 6.61 Å². The Balaban J connectivity index is 1.51. The van der Waals surface area contributed by atoms with E-state index in [2.05, 4.69) is 26.2 Å². The lowest BCUT2D eigenvalue weighted by molar-refractivity contribution is -0.115. The molecule has 0 atom stereocenters. The molecule has 0 aromatic heterocycles. The molecule has 4 rings (SSSR count). The highest BCUT2D eigenvalue weighted by atomic mass is 79.9. The Kier molecular flexibility index (Phi) is 7.97. The number of amidine groups is 1. The molecule has 0 radical (unpaired) electrons. The molecule has 184 valence electrons. The first-order valence-corrected chi connectivity index (χ1v) is 12.2. The lowest BCUT2D eigenvalue weighted by Crippen LogP contribution is -2.19. The number of benzene rings is 3. The molecule has 36 heavy (non-hydrogen) atoms. The van der Waals surface area contributed by atoms with Crippen molar-refractivity contribution in [2.75, 3.05) is 14.2 Å². The molecule has 0 unspecified atom stereocenters. The number of nitrogens with one attached hydrogen (secondary N) is 1. The Hall–Kier alpha value is -3.76. The van der Waals surface area contributed by atoms with E-state index in [1.54, 1.807) is 61.7 Å². The molecule has 3 aromatic carbocycles. The molecule has 1 heterocycles. The second-order valence-corrected chi connectivity index (χ2v) is 9.39. The fraction of sp³-hybridized carbons (Fsp3) is 0.115. The number of aliphatic imine (C=N–C) groups is 1. The summed E-state index contributed by atoms with van der Waals surface area (Å²) in [6.07, 6.45) is 1.74. The van der Waals surface area contributed by atoms with Crippen molar-refractivity contribution < 1.29 is 28.9 Å².